The number of rotatable bonds is 16. The van der Waals surface area contributed by atoms with Gasteiger partial charge in [0.1, 0.15) is 23.0 Å². The molecule has 59 heavy (non-hydrogen) atoms. The van der Waals surface area contributed by atoms with Gasteiger partial charge in [-0.1, -0.05) is 48.5 Å². The summed E-state index contributed by atoms with van der Waals surface area (Å²) in [5.74, 6) is 2.20. The summed E-state index contributed by atoms with van der Waals surface area (Å²) in [6, 6.07) is 29.3. The van der Waals surface area contributed by atoms with Crippen LogP contribution in [0.1, 0.15) is 35.1 Å². The van der Waals surface area contributed by atoms with Crippen LogP contribution in [0.3, 0.4) is 0 Å². The second-order valence-corrected chi connectivity index (χ2v) is 14.9. The number of benzene rings is 4. The lowest BCUT2D eigenvalue weighted by Crippen LogP contribution is -2.52. The van der Waals surface area contributed by atoms with Gasteiger partial charge in [-0.25, -0.2) is 0 Å². The lowest BCUT2D eigenvalue weighted by molar-refractivity contribution is -0.136. The van der Waals surface area contributed by atoms with Crippen LogP contribution in [-0.2, 0) is 49.6 Å². The summed E-state index contributed by atoms with van der Waals surface area (Å²) in [6.07, 6.45) is 2.88. The van der Waals surface area contributed by atoms with E-state index in [9.17, 15) is 19.2 Å². The highest BCUT2D eigenvalue weighted by molar-refractivity contribution is 5.82. The molecule has 0 aromatic heterocycles. The van der Waals surface area contributed by atoms with E-state index in [1.807, 2.05) is 102 Å². The fourth-order valence-corrected chi connectivity index (χ4v) is 6.60. The Kier molecular flexibility index (Phi) is 16.8. The first-order chi connectivity index (χ1) is 28.4. The fourth-order valence-electron chi connectivity index (χ4n) is 6.60. The summed E-state index contributed by atoms with van der Waals surface area (Å²) < 4.78 is 17.0. The minimum absolute atomic E-state index is 0.0138. The molecule has 0 bridgehead atoms. The number of morpholine rings is 1. The van der Waals surface area contributed by atoms with Crippen LogP contribution in [0.15, 0.2) is 97.1 Å². The van der Waals surface area contributed by atoms with Crippen LogP contribution in [-0.4, -0.2) is 110 Å². The molecule has 14 nitrogen and oxygen atoms in total. The van der Waals surface area contributed by atoms with Crippen molar-refractivity contribution in [2.75, 3.05) is 59.5 Å². The van der Waals surface area contributed by atoms with Gasteiger partial charge in [-0.3, -0.25) is 19.2 Å². The van der Waals surface area contributed by atoms with Gasteiger partial charge in [0.25, 0.3) is 0 Å². The minimum Gasteiger partial charge on any atom is -0.457 e. The zero-order valence-corrected chi connectivity index (χ0v) is 33.8. The number of nitrogens with two attached hydrogens (primary N) is 4. The number of ether oxygens (including phenoxy) is 3. The van der Waals surface area contributed by atoms with E-state index < -0.39 is 12.1 Å². The molecule has 0 aliphatic carbocycles. The van der Waals surface area contributed by atoms with Crippen molar-refractivity contribution in [3.8, 4) is 23.0 Å². The van der Waals surface area contributed by atoms with Crippen LogP contribution < -0.4 is 32.4 Å². The van der Waals surface area contributed by atoms with Crippen LogP contribution in [0, 0.1) is 0 Å². The van der Waals surface area contributed by atoms with Gasteiger partial charge < -0.3 is 51.8 Å². The summed E-state index contributed by atoms with van der Waals surface area (Å²) in [4.78, 5) is 52.5. The minimum atomic E-state index is -0.562. The smallest absolute Gasteiger partial charge is 0.239 e. The number of aryl methyl sites for hydroxylation is 2. The Labute approximate surface area is 346 Å². The fraction of sp³-hybridized carbons (Fsp3) is 0.378. The van der Waals surface area contributed by atoms with Crippen LogP contribution in [0.25, 0.3) is 0 Å². The maximum absolute atomic E-state index is 12.6. The molecule has 4 amide bonds. The van der Waals surface area contributed by atoms with E-state index in [4.69, 9.17) is 37.1 Å². The van der Waals surface area contributed by atoms with Gasteiger partial charge in [-0.2, -0.15) is 0 Å². The zero-order chi connectivity index (χ0) is 42.1. The van der Waals surface area contributed by atoms with Crippen LogP contribution in [0.4, 0.5) is 0 Å². The molecule has 2 atom stereocenters. The number of nitrogens with zero attached hydrogens (tertiary/aromatic N) is 3. The molecule has 2 unspecified atom stereocenters. The lowest BCUT2D eigenvalue weighted by Gasteiger charge is -2.33. The SMILES string of the molecule is CN1CCN(C(=O)C(N)Cc2ccc(Oc3ccc(CCC(N)=O)cc3)cc2)CC1.NC(=O)CCc1ccc(Oc2ccc(CC(N)C(=O)N3CCOCC3)cc2)cc1. The van der Waals surface area contributed by atoms with Gasteiger partial charge in [0, 0.05) is 52.1 Å². The van der Waals surface area contributed by atoms with Gasteiger partial charge in [0.2, 0.25) is 23.6 Å². The van der Waals surface area contributed by atoms with Crippen LogP contribution in [0.5, 0.6) is 23.0 Å². The molecule has 2 aliphatic heterocycles. The van der Waals surface area contributed by atoms with Crippen LogP contribution in [0.2, 0.25) is 0 Å². The van der Waals surface area contributed by atoms with E-state index in [1.54, 1.807) is 4.90 Å². The second-order valence-electron chi connectivity index (χ2n) is 14.9. The van der Waals surface area contributed by atoms with Crippen molar-refractivity contribution in [3.63, 3.8) is 0 Å². The molecule has 2 heterocycles. The van der Waals surface area contributed by atoms with Gasteiger partial charge in [0.05, 0.1) is 25.3 Å². The Bertz CT molecular complexity index is 1940. The zero-order valence-electron chi connectivity index (χ0n) is 33.8. The maximum Gasteiger partial charge on any atom is 0.239 e. The number of amides is 4. The first-order valence-corrected chi connectivity index (χ1v) is 20.0. The monoisotopic (exact) mass is 807 g/mol. The predicted octanol–water partition coefficient (Wildman–Crippen LogP) is 3.17. The topological polar surface area (TPSA) is 210 Å². The van der Waals surface area contributed by atoms with E-state index in [2.05, 4.69) is 11.9 Å². The largest absolute Gasteiger partial charge is 0.457 e. The summed E-state index contributed by atoms with van der Waals surface area (Å²) in [7, 11) is 2.06. The Morgan fingerprint density at radius 3 is 1.19 bits per heavy atom. The van der Waals surface area contributed by atoms with Crippen LogP contribution >= 0.6 is 0 Å². The van der Waals surface area contributed by atoms with E-state index in [0.717, 1.165) is 48.4 Å². The molecule has 0 spiro atoms. The Morgan fingerprint density at radius 1 is 0.525 bits per heavy atom. The predicted molar refractivity (Wildman–Crippen MR) is 226 cm³/mol. The molecular weight excluding hydrogens is 751 g/mol. The molecule has 0 saturated carbocycles. The Balaban J connectivity index is 0.000000224. The molecule has 8 N–H and O–H groups in total. The lowest BCUT2D eigenvalue weighted by atomic mass is 10.0. The van der Waals surface area contributed by atoms with Crippen molar-refractivity contribution in [2.45, 2.75) is 50.6 Å². The average molecular weight is 808 g/mol. The second kappa shape index (κ2) is 22.4. The summed E-state index contributed by atoms with van der Waals surface area (Å²) in [6.45, 7) is 5.57. The standard InChI is InChI=1S/C23H30N4O3.C22H27N3O4/c1-26-12-14-27(15-13-26)23(29)21(24)16-18-4-9-20(10-5-18)30-19-7-2-17(3-8-19)6-11-22(25)28;23-20(22(27)25-11-13-28-14-12-25)15-17-3-8-19(9-4-17)29-18-6-1-16(2-7-18)5-10-21(24)26/h2-5,7-10,21H,6,11-16,24H2,1H3,(H2,25,28);1-4,6-9,20H,5,10-15,23H2,(H2,24,26). The summed E-state index contributed by atoms with van der Waals surface area (Å²) in [5, 5.41) is 0. The number of hydrogen-bond acceptors (Lipinski definition) is 10. The molecule has 2 aliphatic rings. The molecule has 4 aromatic rings. The summed E-state index contributed by atoms with van der Waals surface area (Å²) >= 11 is 0. The molecule has 4 aromatic carbocycles. The highest BCUT2D eigenvalue weighted by Gasteiger charge is 2.25. The van der Waals surface area contributed by atoms with Crippen molar-refractivity contribution in [3.05, 3.63) is 119 Å². The van der Waals surface area contributed by atoms with Crippen molar-refractivity contribution in [1.82, 2.24) is 14.7 Å². The van der Waals surface area contributed by atoms with E-state index in [0.29, 0.717) is 87.8 Å². The first kappa shape index (κ1) is 44.3. The Hall–Kier alpha value is -5.80. The number of carbonyl (C=O) groups excluding carboxylic acids is 4. The Morgan fingerprint density at radius 2 is 0.847 bits per heavy atom. The van der Waals surface area contributed by atoms with Crippen molar-refractivity contribution in [1.29, 1.82) is 0 Å². The average Bonchev–Trinajstić information content (AvgIpc) is 3.24. The van der Waals surface area contributed by atoms with E-state index in [-0.39, 0.29) is 23.6 Å². The number of likely N-dealkylation sites (N-methyl/N-ethyl adjacent to an activating group) is 1. The third-order valence-corrected chi connectivity index (χ3v) is 10.2. The molecular formula is C45H57N7O7. The molecule has 2 saturated heterocycles. The molecule has 6 rings (SSSR count). The van der Waals surface area contributed by atoms with Crippen molar-refractivity contribution in [2.24, 2.45) is 22.9 Å². The van der Waals surface area contributed by atoms with Gasteiger partial charge in [-0.15, -0.1) is 0 Å². The summed E-state index contributed by atoms with van der Waals surface area (Å²) in [5.41, 5.74) is 26.7. The van der Waals surface area contributed by atoms with E-state index in [1.165, 1.54) is 0 Å². The maximum atomic E-state index is 12.6. The number of hydrogen-bond donors (Lipinski definition) is 4. The number of carbonyl (C=O) groups is 4. The third kappa shape index (κ3) is 14.8. The first-order valence-electron chi connectivity index (χ1n) is 20.0. The third-order valence-electron chi connectivity index (χ3n) is 10.2. The van der Waals surface area contributed by atoms with Gasteiger partial charge in [-0.05, 0) is 104 Å². The highest BCUT2D eigenvalue weighted by atomic mass is 16.5. The molecule has 0 radical (unpaired) electrons. The molecule has 2 fully saturated rings. The molecule has 14 heteroatoms. The number of primary amides is 2. The van der Waals surface area contributed by atoms with Gasteiger partial charge in [0.15, 0.2) is 0 Å². The van der Waals surface area contributed by atoms with Crippen molar-refractivity contribution < 1.29 is 33.4 Å². The normalized spacial score (nSPS) is 15.3. The van der Waals surface area contributed by atoms with Gasteiger partial charge >= 0.3 is 0 Å². The van der Waals surface area contributed by atoms with Crippen molar-refractivity contribution >= 4 is 23.6 Å². The molecule has 314 valence electrons. The quantitative estimate of drug-likeness (QED) is 0.130. The van der Waals surface area contributed by atoms with E-state index >= 15 is 0 Å². The number of piperazine rings is 1. The highest BCUT2D eigenvalue weighted by Crippen LogP contribution is 2.24.